The van der Waals surface area contributed by atoms with Gasteiger partial charge in [-0.05, 0) is 47.1 Å². The van der Waals surface area contributed by atoms with Gasteiger partial charge in [0.15, 0.2) is 0 Å². The first-order valence-corrected chi connectivity index (χ1v) is 8.66. The molecule has 0 amide bonds. The number of fused-ring (bicyclic) bond motifs is 1. The zero-order valence-corrected chi connectivity index (χ0v) is 14.0. The Bertz CT molecular complexity index is 608. The quantitative estimate of drug-likeness (QED) is 0.547. The molecule has 1 fully saturated rings. The first-order chi connectivity index (χ1) is 9.62. The fourth-order valence-electron chi connectivity index (χ4n) is 3.70. The second kappa shape index (κ2) is 5.52. The second-order valence-electron chi connectivity index (χ2n) is 6.59. The summed E-state index contributed by atoms with van der Waals surface area (Å²) < 4.78 is 0. The van der Waals surface area contributed by atoms with Gasteiger partial charge < -0.3 is 0 Å². The van der Waals surface area contributed by atoms with Crippen molar-refractivity contribution in [3.63, 3.8) is 0 Å². The Hall–Kier alpha value is -0.820. The van der Waals surface area contributed by atoms with Crippen LogP contribution >= 0.6 is 15.9 Å². The van der Waals surface area contributed by atoms with Crippen LogP contribution in [-0.2, 0) is 0 Å². The second-order valence-corrected chi connectivity index (χ2v) is 7.51. The fraction of sp³-hybridized carbons (Fsp3) is 0.474. The van der Waals surface area contributed by atoms with Crippen molar-refractivity contribution >= 4 is 26.7 Å². The number of halogens is 1. The minimum absolute atomic E-state index is 0.396. The van der Waals surface area contributed by atoms with Gasteiger partial charge in [0, 0.05) is 4.83 Å². The van der Waals surface area contributed by atoms with E-state index in [1.54, 1.807) is 0 Å². The van der Waals surface area contributed by atoms with E-state index < -0.39 is 0 Å². The molecular formula is C19H23Br. The molecule has 1 aliphatic carbocycles. The molecule has 2 aromatic carbocycles. The first-order valence-electron chi connectivity index (χ1n) is 7.74. The van der Waals surface area contributed by atoms with Crippen LogP contribution in [0.2, 0.25) is 0 Å². The molecule has 0 nitrogen and oxygen atoms in total. The minimum atomic E-state index is 0.396. The molecule has 20 heavy (non-hydrogen) atoms. The van der Waals surface area contributed by atoms with Gasteiger partial charge in [-0.1, -0.05) is 78.5 Å². The summed E-state index contributed by atoms with van der Waals surface area (Å²) in [5.74, 6) is 0. The highest BCUT2D eigenvalue weighted by molar-refractivity contribution is 9.09. The average molecular weight is 331 g/mol. The predicted octanol–water partition coefficient (Wildman–Crippen LogP) is 6.55. The monoisotopic (exact) mass is 330 g/mol. The maximum absolute atomic E-state index is 4.08. The molecule has 0 N–H and O–H groups in total. The van der Waals surface area contributed by atoms with Crippen LogP contribution < -0.4 is 0 Å². The molecule has 2 aromatic rings. The number of rotatable bonds is 2. The van der Waals surface area contributed by atoms with E-state index in [1.807, 2.05) is 0 Å². The van der Waals surface area contributed by atoms with Crippen LogP contribution in [0.4, 0.5) is 0 Å². The van der Waals surface area contributed by atoms with E-state index in [2.05, 4.69) is 66.2 Å². The van der Waals surface area contributed by atoms with E-state index in [4.69, 9.17) is 0 Å². The van der Waals surface area contributed by atoms with Crippen LogP contribution in [0.25, 0.3) is 10.8 Å². The summed E-state index contributed by atoms with van der Waals surface area (Å²) in [6.07, 6.45) is 6.84. The number of hydrogen-bond donors (Lipinski definition) is 0. The summed E-state index contributed by atoms with van der Waals surface area (Å²) in [4.78, 5) is 0.460. The van der Waals surface area contributed by atoms with Crippen LogP contribution in [0.3, 0.4) is 0 Å². The fourth-order valence-corrected chi connectivity index (χ4v) is 4.77. The van der Waals surface area contributed by atoms with Crippen LogP contribution in [0, 0.1) is 12.3 Å². The van der Waals surface area contributed by atoms with E-state index >= 15 is 0 Å². The van der Waals surface area contributed by atoms with Crippen LogP contribution in [0.5, 0.6) is 0 Å². The number of benzene rings is 2. The number of alkyl halides is 1. The lowest BCUT2D eigenvalue weighted by molar-refractivity contribution is 0.213. The molecule has 106 valence electrons. The molecule has 0 saturated heterocycles. The van der Waals surface area contributed by atoms with Gasteiger partial charge in [0.2, 0.25) is 0 Å². The van der Waals surface area contributed by atoms with Crippen molar-refractivity contribution in [2.75, 3.05) is 0 Å². The highest BCUT2D eigenvalue weighted by atomic mass is 79.9. The zero-order valence-electron chi connectivity index (χ0n) is 12.5. The van der Waals surface area contributed by atoms with Gasteiger partial charge >= 0.3 is 0 Å². The van der Waals surface area contributed by atoms with Crippen LogP contribution in [-0.4, -0.2) is 0 Å². The van der Waals surface area contributed by atoms with E-state index in [0.717, 1.165) is 0 Å². The third-order valence-corrected chi connectivity index (χ3v) is 6.61. The molecule has 0 aromatic heterocycles. The Morgan fingerprint density at radius 1 is 1.00 bits per heavy atom. The summed E-state index contributed by atoms with van der Waals surface area (Å²) in [6.45, 7) is 4.72. The molecular weight excluding hydrogens is 308 g/mol. The molecule has 0 radical (unpaired) electrons. The van der Waals surface area contributed by atoms with Crippen molar-refractivity contribution in [2.45, 2.75) is 50.8 Å². The van der Waals surface area contributed by atoms with Crippen molar-refractivity contribution in [3.05, 3.63) is 47.5 Å². The topological polar surface area (TPSA) is 0 Å². The Morgan fingerprint density at radius 3 is 2.45 bits per heavy atom. The largest absolute Gasteiger partial charge is 0.0832 e. The smallest absolute Gasteiger partial charge is 0.0457 e. The standard InChI is InChI=1S/C19H23Br/c1-14-10-11-15-8-4-5-9-16(15)17(14)18(20)19(2)12-6-3-7-13-19/h4-5,8-11,18H,3,6-7,12-13H2,1-2H3. The molecule has 0 heterocycles. The van der Waals surface area contributed by atoms with Crippen LogP contribution in [0.15, 0.2) is 36.4 Å². The predicted molar refractivity (Wildman–Crippen MR) is 91.5 cm³/mol. The molecule has 0 spiro atoms. The SMILES string of the molecule is Cc1ccc2ccccc2c1C(Br)C1(C)CCCCC1. The molecule has 1 unspecified atom stereocenters. The van der Waals surface area contributed by atoms with Crippen molar-refractivity contribution < 1.29 is 0 Å². The lowest BCUT2D eigenvalue weighted by Crippen LogP contribution is -2.25. The molecule has 1 atom stereocenters. The van der Waals surface area contributed by atoms with Gasteiger partial charge in [0.05, 0.1) is 0 Å². The third-order valence-electron chi connectivity index (χ3n) is 5.05. The Kier molecular flexibility index (Phi) is 3.90. The van der Waals surface area contributed by atoms with Crippen molar-refractivity contribution in [2.24, 2.45) is 5.41 Å². The van der Waals surface area contributed by atoms with Crippen molar-refractivity contribution in [3.8, 4) is 0 Å². The van der Waals surface area contributed by atoms with Gasteiger partial charge in [-0.25, -0.2) is 0 Å². The van der Waals surface area contributed by atoms with E-state index in [9.17, 15) is 0 Å². The molecule has 1 saturated carbocycles. The lowest BCUT2D eigenvalue weighted by atomic mass is 9.71. The maximum atomic E-state index is 4.08. The van der Waals surface area contributed by atoms with Gasteiger partial charge in [0.25, 0.3) is 0 Å². The van der Waals surface area contributed by atoms with Gasteiger partial charge in [-0.2, -0.15) is 0 Å². The third kappa shape index (κ3) is 2.41. The molecule has 0 aliphatic heterocycles. The summed E-state index contributed by atoms with van der Waals surface area (Å²) in [6, 6.07) is 13.3. The molecule has 3 rings (SSSR count). The Morgan fingerprint density at radius 2 is 1.70 bits per heavy atom. The summed E-state index contributed by atoms with van der Waals surface area (Å²) in [5, 5.41) is 2.78. The van der Waals surface area contributed by atoms with E-state index in [0.29, 0.717) is 10.2 Å². The van der Waals surface area contributed by atoms with Gasteiger partial charge in [-0.15, -0.1) is 0 Å². The summed E-state index contributed by atoms with van der Waals surface area (Å²) >= 11 is 4.08. The summed E-state index contributed by atoms with van der Waals surface area (Å²) in [5.41, 5.74) is 3.32. The first kappa shape index (κ1) is 14.1. The molecule has 0 bridgehead atoms. The maximum Gasteiger partial charge on any atom is 0.0457 e. The van der Waals surface area contributed by atoms with E-state index in [-0.39, 0.29) is 0 Å². The Balaban J connectivity index is 2.11. The zero-order chi connectivity index (χ0) is 14.2. The average Bonchev–Trinajstić information content (AvgIpc) is 2.47. The number of hydrogen-bond acceptors (Lipinski definition) is 0. The normalized spacial score (nSPS) is 19.9. The van der Waals surface area contributed by atoms with Crippen molar-refractivity contribution in [1.29, 1.82) is 0 Å². The van der Waals surface area contributed by atoms with Crippen LogP contribution in [0.1, 0.15) is 55.0 Å². The highest BCUT2D eigenvalue weighted by Crippen LogP contribution is 2.52. The Labute approximate surface area is 130 Å². The molecule has 1 heteroatoms. The lowest BCUT2D eigenvalue weighted by Gasteiger charge is -2.39. The van der Waals surface area contributed by atoms with Gasteiger partial charge in [-0.3, -0.25) is 0 Å². The minimum Gasteiger partial charge on any atom is -0.0832 e. The van der Waals surface area contributed by atoms with Gasteiger partial charge in [0.1, 0.15) is 0 Å². The number of aryl methyl sites for hydroxylation is 1. The van der Waals surface area contributed by atoms with Crippen molar-refractivity contribution in [1.82, 2.24) is 0 Å². The summed E-state index contributed by atoms with van der Waals surface area (Å²) in [7, 11) is 0. The molecule has 1 aliphatic rings. The highest BCUT2D eigenvalue weighted by Gasteiger charge is 2.36. The van der Waals surface area contributed by atoms with E-state index in [1.165, 1.54) is 54.0 Å².